The number of halogens is 3. The zero-order valence-corrected chi connectivity index (χ0v) is 14.2. The van der Waals surface area contributed by atoms with Gasteiger partial charge in [-0.1, -0.05) is 15.9 Å². The Morgan fingerprint density at radius 2 is 1.86 bits per heavy atom. The summed E-state index contributed by atoms with van der Waals surface area (Å²) in [6.45, 7) is 0.480. The van der Waals surface area contributed by atoms with Gasteiger partial charge < -0.3 is 15.2 Å². The predicted molar refractivity (Wildman–Crippen MR) is 88.2 cm³/mol. The van der Waals surface area contributed by atoms with Crippen LogP contribution in [0.25, 0.3) is 0 Å². The first-order chi connectivity index (χ1) is 10.0. The molecule has 0 aliphatic carbocycles. The quantitative estimate of drug-likeness (QED) is 0.738. The number of ether oxygens (including phenoxy) is 1. The summed E-state index contributed by atoms with van der Waals surface area (Å²) < 4.78 is 20.0. The molecule has 2 N–H and O–H groups in total. The summed E-state index contributed by atoms with van der Waals surface area (Å²) in [7, 11) is 0. The van der Waals surface area contributed by atoms with Gasteiger partial charge in [-0.25, -0.2) is 4.39 Å². The third kappa shape index (κ3) is 5.30. The number of rotatable bonds is 6. The normalized spacial score (nSPS) is 12.0. The van der Waals surface area contributed by atoms with Crippen molar-refractivity contribution >= 4 is 37.5 Å². The van der Waals surface area contributed by atoms with Crippen molar-refractivity contribution in [3.8, 4) is 5.75 Å². The van der Waals surface area contributed by atoms with E-state index in [1.54, 1.807) is 6.07 Å². The van der Waals surface area contributed by atoms with Gasteiger partial charge in [-0.3, -0.25) is 0 Å². The van der Waals surface area contributed by atoms with Crippen molar-refractivity contribution in [1.29, 1.82) is 0 Å². The van der Waals surface area contributed by atoms with Gasteiger partial charge in [-0.2, -0.15) is 0 Å². The highest BCUT2D eigenvalue weighted by molar-refractivity contribution is 9.10. The number of aliphatic hydroxyl groups excluding tert-OH is 1. The monoisotopic (exact) mass is 417 g/mol. The number of anilines is 1. The van der Waals surface area contributed by atoms with Gasteiger partial charge in [0, 0.05) is 21.2 Å². The molecule has 0 spiro atoms. The molecule has 0 amide bonds. The highest BCUT2D eigenvalue weighted by atomic mass is 79.9. The smallest absolute Gasteiger partial charge is 0.124 e. The van der Waals surface area contributed by atoms with E-state index in [4.69, 9.17) is 4.74 Å². The molecule has 0 aliphatic rings. The standard InChI is InChI=1S/C15H14Br2FNO2/c16-10-1-4-13(5-2-10)21-9-12(20)8-19-15-6-3-11(18)7-14(15)17/h1-7,12,19-20H,8-9H2. The summed E-state index contributed by atoms with van der Waals surface area (Å²) >= 11 is 6.60. The molecule has 0 saturated carbocycles. The Kier molecular flexibility index (Phi) is 6.02. The average Bonchev–Trinajstić information content (AvgIpc) is 2.46. The van der Waals surface area contributed by atoms with E-state index in [2.05, 4.69) is 37.2 Å². The maximum absolute atomic E-state index is 13.0. The summed E-state index contributed by atoms with van der Waals surface area (Å²) in [4.78, 5) is 0. The van der Waals surface area contributed by atoms with Gasteiger partial charge in [0.25, 0.3) is 0 Å². The van der Waals surface area contributed by atoms with E-state index in [1.165, 1.54) is 12.1 Å². The van der Waals surface area contributed by atoms with Crippen molar-refractivity contribution in [2.75, 3.05) is 18.5 Å². The van der Waals surface area contributed by atoms with Crippen LogP contribution in [0.15, 0.2) is 51.4 Å². The van der Waals surface area contributed by atoms with Gasteiger partial charge in [0.1, 0.15) is 24.3 Å². The van der Waals surface area contributed by atoms with Crippen molar-refractivity contribution in [3.63, 3.8) is 0 Å². The SMILES string of the molecule is OC(CNc1ccc(F)cc1Br)COc1ccc(Br)cc1. The molecule has 0 bridgehead atoms. The molecular formula is C15H14Br2FNO2. The Bertz CT molecular complexity index is 593. The van der Waals surface area contributed by atoms with Gasteiger partial charge >= 0.3 is 0 Å². The molecule has 6 heteroatoms. The van der Waals surface area contributed by atoms with Crippen LogP contribution < -0.4 is 10.1 Å². The molecule has 0 heterocycles. The molecule has 0 saturated heterocycles. The molecular weight excluding hydrogens is 405 g/mol. The summed E-state index contributed by atoms with van der Waals surface area (Å²) in [6.07, 6.45) is -0.675. The maximum atomic E-state index is 13.0. The van der Waals surface area contributed by atoms with Crippen molar-refractivity contribution < 1.29 is 14.2 Å². The molecule has 1 unspecified atom stereocenters. The Hall–Kier alpha value is -1.11. The third-order valence-corrected chi connectivity index (χ3v) is 3.90. The van der Waals surface area contributed by atoms with Crippen LogP contribution in [-0.2, 0) is 0 Å². The molecule has 0 aromatic heterocycles. The number of nitrogens with one attached hydrogen (secondary N) is 1. The second-order valence-corrected chi connectivity index (χ2v) is 6.19. The van der Waals surface area contributed by atoms with Gasteiger partial charge in [-0.15, -0.1) is 0 Å². The molecule has 2 aromatic rings. The van der Waals surface area contributed by atoms with Gasteiger partial charge in [0.2, 0.25) is 0 Å². The molecule has 2 rings (SSSR count). The molecule has 0 aliphatic heterocycles. The molecule has 2 aromatic carbocycles. The Morgan fingerprint density at radius 3 is 2.52 bits per heavy atom. The van der Waals surface area contributed by atoms with Gasteiger partial charge in [0.15, 0.2) is 0 Å². The lowest BCUT2D eigenvalue weighted by molar-refractivity contribution is 0.117. The lowest BCUT2D eigenvalue weighted by Crippen LogP contribution is -2.26. The number of aliphatic hydroxyl groups is 1. The average molecular weight is 419 g/mol. The third-order valence-electron chi connectivity index (χ3n) is 2.72. The first kappa shape index (κ1) is 16.3. The fraction of sp³-hybridized carbons (Fsp3) is 0.200. The zero-order valence-electron chi connectivity index (χ0n) is 11.0. The van der Waals surface area contributed by atoms with Crippen LogP contribution in [0, 0.1) is 5.82 Å². The summed E-state index contributed by atoms with van der Waals surface area (Å²) in [6, 6.07) is 11.7. The van der Waals surface area contributed by atoms with E-state index in [0.717, 1.165) is 10.2 Å². The lowest BCUT2D eigenvalue weighted by Gasteiger charge is -2.15. The summed E-state index contributed by atoms with van der Waals surface area (Å²) in [5.74, 6) is 0.381. The van der Waals surface area contributed by atoms with Crippen LogP contribution in [0.3, 0.4) is 0 Å². The summed E-state index contributed by atoms with van der Waals surface area (Å²) in [5, 5.41) is 12.9. The number of benzene rings is 2. The van der Waals surface area contributed by atoms with Crippen molar-refractivity contribution in [2.24, 2.45) is 0 Å². The molecule has 1 atom stereocenters. The first-order valence-corrected chi connectivity index (χ1v) is 7.88. The van der Waals surface area contributed by atoms with E-state index >= 15 is 0 Å². The van der Waals surface area contributed by atoms with Crippen molar-refractivity contribution in [1.82, 2.24) is 0 Å². The van der Waals surface area contributed by atoms with E-state index in [0.29, 0.717) is 16.8 Å². The van der Waals surface area contributed by atoms with Gasteiger partial charge in [-0.05, 0) is 58.4 Å². The second-order valence-electron chi connectivity index (χ2n) is 4.42. The zero-order chi connectivity index (χ0) is 15.2. The minimum atomic E-state index is -0.675. The number of hydrogen-bond acceptors (Lipinski definition) is 3. The van der Waals surface area contributed by atoms with Gasteiger partial charge in [0.05, 0.1) is 0 Å². The Labute approximate surface area is 139 Å². The fourth-order valence-corrected chi connectivity index (χ4v) is 2.40. The lowest BCUT2D eigenvalue weighted by atomic mass is 10.3. The molecule has 0 radical (unpaired) electrons. The van der Waals surface area contributed by atoms with Crippen LogP contribution in [0.5, 0.6) is 5.75 Å². The minimum absolute atomic E-state index is 0.174. The van der Waals surface area contributed by atoms with Crippen molar-refractivity contribution in [3.05, 3.63) is 57.2 Å². The minimum Gasteiger partial charge on any atom is -0.491 e. The van der Waals surface area contributed by atoms with Crippen LogP contribution in [0.4, 0.5) is 10.1 Å². The van der Waals surface area contributed by atoms with E-state index in [-0.39, 0.29) is 12.4 Å². The highest BCUT2D eigenvalue weighted by Gasteiger charge is 2.07. The predicted octanol–water partition coefficient (Wildman–Crippen LogP) is 4.20. The van der Waals surface area contributed by atoms with E-state index in [9.17, 15) is 9.50 Å². The Balaban J connectivity index is 1.79. The topological polar surface area (TPSA) is 41.5 Å². The van der Waals surface area contributed by atoms with Crippen LogP contribution >= 0.6 is 31.9 Å². The molecule has 112 valence electrons. The molecule has 21 heavy (non-hydrogen) atoms. The largest absolute Gasteiger partial charge is 0.491 e. The Morgan fingerprint density at radius 1 is 1.14 bits per heavy atom. The fourth-order valence-electron chi connectivity index (χ4n) is 1.64. The molecule has 0 fully saturated rings. The molecule has 3 nitrogen and oxygen atoms in total. The van der Waals surface area contributed by atoms with Crippen LogP contribution in [-0.4, -0.2) is 24.4 Å². The first-order valence-electron chi connectivity index (χ1n) is 6.30. The second kappa shape index (κ2) is 7.77. The summed E-state index contributed by atoms with van der Waals surface area (Å²) in [5.41, 5.74) is 0.721. The maximum Gasteiger partial charge on any atom is 0.124 e. The highest BCUT2D eigenvalue weighted by Crippen LogP contribution is 2.23. The van der Waals surface area contributed by atoms with Crippen LogP contribution in [0.1, 0.15) is 0 Å². The number of hydrogen-bond donors (Lipinski definition) is 2. The van der Waals surface area contributed by atoms with E-state index in [1.807, 2.05) is 24.3 Å². The van der Waals surface area contributed by atoms with Crippen LogP contribution in [0.2, 0.25) is 0 Å². The van der Waals surface area contributed by atoms with E-state index < -0.39 is 6.10 Å². The van der Waals surface area contributed by atoms with Crippen molar-refractivity contribution in [2.45, 2.75) is 6.10 Å².